The van der Waals surface area contributed by atoms with Crippen LogP contribution >= 0.6 is 23.2 Å². The predicted molar refractivity (Wildman–Crippen MR) is 127 cm³/mol. The molecule has 5 nitrogen and oxygen atoms in total. The van der Waals surface area contributed by atoms with Crippen molar-refractivity contribution in [3.8, 4) is 28.6 Å². The molecule has 0 amide bonds. The Bertz CT molecular complexity index is 1360. The lowest BCUT2D eigenvalue weighted by atomic mass is 10.1. The monoisotopic (exact) mass is 470 g/mol. The number of aryl methyl sites for hydroxylation is 1. The molecule has 4 rings (SSSR count). The lowest BCUT2D eigenvalue weighted by Gasteiger charge is -2.14. The smallest absolute Gasteiger partial charge is 0.235 e. The highest BCUT2D eigenvalue weighted by Crippen LogP contribution is 2.37. The van der Waals surface area contributed by atoms with Gasteiger partial charge in [0.2, 0.25) is 11.2 Å². The molecule has 1 heterocycles. The van der Waals surface area contributed by atoms with Crippen molar-refractivity contribution in [1.82, 2.24) is 0 Å². The molecule has 0 saturated carbocycles. The first-order chi connectivity index (χ1) is 15.4. The average molecular weight is 471 g/mol. The average Bonchev–Trinajstić information content (AvgIpc) is 2.79. The lowest BCUT2D eigenvalue weighted by Crippen LogP contribution is -2.10. The number of hydrogen-bond donors (Lipinski definition) is 0. The molecule has 32 heavy (non-hydrogen) atoms. The summed E-state index contributed by atoms with van der Waals surface area (Å²) in [7, 11) is 3.10. The van der Waals surface area contributed by atoms with E-state index in [0.717, 1.165) is 11.1 Å². The van der Waals surface area contributed by atoms with Crippen molar-refractivity contribution in [3.63, 3.8) is 0 Å². The first-order valence-corrected chi connectivity index (χ1v) is 10.5. The van der Waals surface area contributed by atoms with Crippen molar-refractivity contribution >= 4 is 34.2 Å². The van der Waals surface area contributed by atoms with Crippen LogP contribution in [0.2, 0.25) is 10.0 Å². The van der Waals surface area contributed by atoms with Gasteiger partial charge in [0.1, 0.15) is 12.2 Å². The zero-order valence-corrected chi connectivity index (χ0v) is 19.2. The van der Waals surface area contributed by atoms with Gasteiger partial charge in [-0.15, -0.1) is 0 Å². The number of ether oxygens (including phenoxy) is 3. The largest absolute Gasteiger partial charge is 0.493 e. The molecule has 4 aromatic rings. The van der Waals surface area contributed by atoms with E-state index in [2.05, 4.69) is 0 Å². The van der Waals surface area contributed by atoms with Crippen LogP contribution in [-0.4, -0.2) is 14.2 Å². The van der Waals surface area contributed by atoms with Crippen molar-refractivity contribution in [3.05, 3.63) is 86.0 Å². The number of fused-ring (bicyclic) bond motifs is 1. The van der Waals surface area contributed by atoms with Crippen LogP contribution in [0, 0.1) is 6.92 Å². The number of benzene rings is 3. The van der Waals surface area contributed by atoms with Gasteiger partial charge < -0.3 is 18.6 Å². The molecular weight excluding hydrogens is 451 g/mol. The van der Waals surface area contributed by atoms with E-state index in [9.17, 15) is 4.79 Å². The fourth-order valence-corrected chi connectivity index (χ4v) is 3.69. The molecule has 0 N–H and O–H groups in total. The first kappa shape index (κ1) is 22.1. The Morgan fingerprint density at radius 1 is 0.875 bits per heavy atom. The van der Waals surface area contributed by atoms with Gasteiger partial charge in [0.25, 0.3) is 0 Å². The first-order valence-electron chi connectivity index (χ1n) is 9.78. The van der Waals surface area contributed by atoms with Crippen molar-refractivity contribution in [1.29, 1.82) is 0 Å². The summed E-state index contributed by atoms with van der Waals surface area (Å²) in [6.07, 6.45) is 0. The summed E-state index contributed by atoms with van der Waals surface area (Å²) in [4.78, 5) is 13.4. The Kier molecular flexibility index (Phi) is 6.31. The molecule has 0 fully saturated rings. The minimum Gasteiger partial charge on any atom is -0.493 e. The topological polar surface area (TPSA) is 57.9 Å². The Morgan fingerprint density at radius 2 is 1.66 bits per heavy atom. The van der Waals surface area contributed by atoms with Crippen LogP contribution in [-0.2, 0) is 6.61 Å². The van der Waals surface area contributed by atoms with E-state index < -0.39 is 0 Å². The van der Waals surface area contributed by atoms with Gasteiger partial charge in [-0.2, -0.15) is 0 Å². The number of methoxy groups -OCH3 is 2. The van der Waals surface area contributed by atoms with Gasteiger partial charge in [-0.25, -0.2) is 0 Å². The zero-order chi connectivity index (χ0) is 22.8. The standard InChI is InChI=1S/C25H20Cl2O5/c1-14-4-7-17-21(10-14)32-24(16-6-9-20(29-2)22(12-16)30-3)25(23(17)28)31-13-15-5-8-18(26)19(27)11-15/h4-12H,13H2,1-3H3. The molecule has 164 valence electrons. The van der Waals surface area contributed by atoms with Crippen molar-refractivity contribution in [2.24, 2.45) is 0 Å². The maximum atomic E-state index is 13.4. The SMILES string of the molecule is COc1ccc(-c2oc3cc(C)ccc3c(=O)c2OCc2ccc(Cl)c(Cl)c2)cc1OC. The maximum absolute atomic E-state index is 13.4. The quantitative estimate of drug-likeness (QED) is 0.314. The molecule has 0 unspecified atom stereocenters. The molecule has 0 aliphatic heterocycles. The maximum Gasteiger partial charge on any atom is 0.235 e. The Hall–Kier alpha value is -3.15. The molecule has 0 bridgehead atoms. The van der Waals surface area contributed by atoms with Gasteiger partial charge in [0.05, 0.1) is 29.7 Å². The van der Waals surface area contributed by atoms with Gasteiger partial charge in [0.15, 0.2) is 17.3 Å². The summed E-state index contributed by atoms with van der Waals surface area (Å²) >= 11 is 12.1. The molecule has 0 aliphatic carbocycles. The van der Waals surface area contributed by atoms with Gasteiger partial charge in [-0.05, 0) is 60.5 Å². The van der Waals surface area contributed by atoms with Crippen LogP contribution < -0.4 is 19.6 Å². The third-order valence-electron chi connectivity index (χ3n) is 5.02. The summed E-state index contributed by atoms with van der Waals surface area (Å²) < 4.78 is 22.9. The second-order valence-electron chi connectivity index (χ2n) is 7.20. The predicted octanol–water partition coefficient (Wildman–Crippen LogP) is 6.67. The van der Waals surface area contributed by atoms with Crippen LogP contribution in [0.5, 0.6) is 17.2 Å². The van der Waals surface area contributed by atoms with Crippen LogP contribution in [0.15, 0.2) is 63.8 Å². The molecule has 3 aromatic carbocycles. The molecule has 1 aromatic heterocycles. The van der Waals surface area contributed by atoms with E-state index in [4.69, 9.17) is 41.8 Å². The summed E-state index contributed by atoms with van der Waals surface area (Å²) in [6.45, 7) is 2.05. The van der Waals surface area contributed by atoms with Crippen molar-refractivity contribution < 1.29 is 18.6 Å². The molecular formula is C25H20Cl2O5. The minimum absolute atomic E-state index is 0.0969. The number of hydrogen-bond acceptors (Lipinski definition) is 5. The van der Waals surface area contributed by atoms with Gasteiger partial charge in [0, 0.05) is 5.56 Å². The second kappa shape index (κ2) is 9.15. The zero-order valence-electron chi connectivity index (χ0n) is 17.7. The van der Waals surface area contributed by atoms with Crippen molar-refractivity contribution in [2.75, 3.05) is 14.2 Å². The lowest BCUT2D eigenvalue weighted by molar-refractivity contribution is 0.298. The highest BCUT2D eigenvalue weighted by molar-refractivity contribution is 6.42. The van der Waals surface area contributed by atoms with Gasteiger partial charge in [-0.1, -0.05) is 35.3 Å². The Morgan fingerprint density at radius 3 is 2.38 bits per heavy atom. The van der Waals surface area contributed by atoms with Crippen molar-refractivity contribution in [2.45, 2.75) is 13.5 Å². The van der Waals surface area contributed by atoms with Crippen LogP contribution in [0.3, 0.4) is 0 Å². The molecule has 0 aliphatic rings. The summed E-state index contributed by atoms with van der Waals surface area (Å²) in [5.41, 5.74) is 2.56. The Balaban J connectivity index is 1.86. The van der Waals surface area contributed by atoms with E-state index in [1.54, 1.807) is 56.7 Å². The minimum atomic E-state index is -0.268. The number of halogens is 2. The fraction of sp³-hybridized carbons (Fsp3) is 0.160. The van der Waals surface area contributed by atoms with Gasteiger partial charge in [-0.3, -0.25) is 4.79 Å². The molecule has 7 heteroatoms. The molecule has 0 radical (unpaired) electrons. The number of rotatable bonds is 6. The van der Waals surface area contributed by atoms with E-state index >= 15 is 0 Å². The highest BCUT2D eigenvalue weighted by atomic mass is 35.5. The summed E-state index contributed by atoms with van der Waals surface area (Å²) in [5.74, 6) is 1.47. The molecule has 0 atom stereocenters. The van der Waals surface area contributed by atoms with Gasteiger partial charge >= 0.3 is 0 Å². The van der Waals surface area contributed by atoms with E-state index in [0.29, 0.717) is 43.8 Å². The van der Waals surface area contributed by atoms with Crippen LogP contribution in [0.25, 0.3) is 22.3 Å². The highest BCUT2D eigenvalue weighted by Gasteiger charge is 2.20. The summed E-state index contributed by atoms with van der Waals surface area (Å²) in [5, 5.41) is 1.29. The second-order valence-corrected chi connectivity index (χ2v) is 8.01. The molecule has 0 saturated heterocycles. The third-order valence-corrected chi connectivity index (χ3v) is 5.76. The third kappa shape index (κ3) is 4.27. The van der Waals surface area contributed by atoms with E-state index in [-0.39, 0.29) is 17.8 Å². The fourth-order valence-electron chi connectivity index (χ4n) is 3.37. The normalized spacial score (nSPS) is 10.9. The Labute approximate surface area is 195 Å². The van der Waals surface area contributed by atoms with Crippen LogP contribution in [0.1, 0.15) is 11.1 Å². The molecule has 0 spiro atoms. The van der Waals surface area contributed by atoms with E-state index in [1.807, 2.05) is 19.1 Å². The van der Waals surface area contributed by atoms with E-state index in [1.165, 1.54) is 0 Å². The van der Waals surface area contributed by atoms with Crippen LogP contribution in [0.4, 0.5) is 0 Å². The summed E-state index contributed by atoms with van der Waals surface area (Å²) in [6, 6.07) is 15.9.